The third kappa shape index (κ3) is 2.08. The monoisotopic (exact) mass is 306 g/mol. The van der Waals surface area contributed by atoms with Gasteiger partial charge in [-0.3, -0.25) is 20.0 Å². The molecular formula is C18H18N4O. The zero-order valence-corrected chi connectivity index (χ0v) is 12.9. The number of amidine groups is 1. The minimum atomic E-state index is -0.304. The maximum atomic E-state index is 13.0. The number of carbonyl (C=O) groups excluding carboxylic acids is 1. The highest BCUT2D eigenvalue weighted by atomic mass is 16.2. The number of anilines is 2. The van der Waals surface area contributed by atoms with Crippen LogP contribution in [0, 0.1) is 0 Å². The van der Waals surface area contributed by atoms with Gasteiger partial charge in [0.05, 0.1) is 11.3 Å². The molecule has 1 unspecified atom stereocenters. The molecule has 4 rings (SSSR count). The van der Waals surface area contributed by atoms with Gasteiger partial charge in [-0.25, -0.2) is 0 Å². The molecule has 0 aliphatic carbocycles. The number of hydrazone groups is 1. The Morgan fingerprint density at radius 2 is 1.78 bits per heavy atom. The van der Waals surface area contributed by atoms with Crippen LogP contribution in [0.25, 0.3) is 0 Å². The van der Waals surface area contributed by atoms with Crippen LogP contribution >= 0.6 is 0 Å². The van der Waals surface area contributed by atoms with Gasteiger partial charge in [0, 0.05) is 12.1 Å². The maximum absolute atomic E-state index is 13.0. The fraction of sp³-hybridized carbons (Fsp3) is 0.222. The van der Waals surface area contributed by atoms with Crippen molar-refractivity contribution in [3.8, 4) is 0 Å². The predicted molar refractivity (Wildman–Crippen MR) is 91.4 cm³/mol. The predicted octanol–water partition coefficient (Wildman–Crippen LogP) is 3.15. The first-order valence-corrected chi connectivity index (χ1v) is 7.90. The van der Waals surface area contributed by atoms with Crippen molar-refractivity contribution in [1.29, 1.82) is 0 Å². The van der Waals surface area contributed by atoms with Crippen LogP contribution in [0.3, 0.4) is 0 Å². The summed E-state index contributed by atoms with van der Waals surface area (Å²) < 4.78 is 0. The molecule has 0 aromatic heterocycles. The molecule has 2 aliphatic heterocycles. The quantitative estimate of drug-likeness (QED) is 0.947. The molecule has 0 bridgehead atoms. The Hall–Kier alpha value is -2.82. The lowest BCUT2D eigenvalue weighted by atomic mass is 10.1. The van der Waals surface area contributed by atoms with Gasteiger partial charge in [0.1, 0.15) is 5.84 Å². The van der Waals surface area contributed by atoms with Crippen molar-refractivity contribution in [2.45, 2.75) is 26.1 Å². The van der Waals surface area contributed by atoms with E-state index in [4.69, 9.17) is 0 Å². The Morgan fingerprint density at radius 1 is 1.04 bits per heavy atom. The summed E-state index contributed by atoms with van der Waals surface area (Å²) >= 11 is 0. The maximum Gasteiger partial charge on any atom is 0.263 e. The third-order valence-corrected chi connectivity index (χ3v) is 4.20. The van der Waals surface area contributed by atoms with Crippen molar-refractivity contribution >= 4 is 23.1 Å². The van der Waals surface area contributed by atoms with Gasteiger partial charge in [0.2, 0.25) is 6.29 Å². The summed E-state index contributed by atoms with van der Waals surface area (Å²) in [4.78, 5) is 16.9. The molecule has 0 spiro atoms. The molecule has 2 aliphatic rings. The van der Waals surface area contributed by atoms with Crippen molar-refractivity contribution in [2.24, 2.45) is 5.10 Å². The van der Waals surface area contributed by atoms with Gasteiger partial charge < -0.3 is 0 Å². The molecule has 23 heavy (non-hydrogen) atoms. The van der Waals surface area contributed by atoms with E-state index < -0.39 is 0 Å². The van der Waals surface area contributed by atoms with Gasteiger partial charge in [-0.15, -0.1) is 0 Å². The van der Waals surface area contributed by atoms with Gasteiger partial charge >= 0.3 is 0 Å². The molecule has 0 radical (unpaired) electrons. The zero-order chi connectivity index (χ0) is 15.8. The molecule has 2 aromatic rings. The summed E-state index contributed by atoms with van der Waals surface area (Å²) in [5, 5.41) is 4.48. The minimum Gasteiger partial charge on any atom is -0.287 e. The average molecular weight is 306 g/mol. The Kier molecular flexibility index (Phi) is 3.26. The lowest BCUT2D eigenvalue weighted by molar-refractivity contribution is 0.0968. The second-order valence-corrected chi connectivity index (χ2v) is 5.68. The van der Waals surface area contributed by atoms with Crippen LogP contribution in [-0.2, 0) is 0 Å². The number of carbonyl (C=O) groups is 1. The molecule has 0 fully saturated rings. The molecule has 1 N–H and O–H groups in total. The minimum absolute atomic E-state index is 0.00602. The Bertz CT molecular complexity index is 772. The second kappa shape index (κ2) is 5.43. The summed E-state index contributed by atoms with van der Waals surface area (Å²) in [6.07, 6.45) is 1.57. The fourth-order valence-electron chi connectivity index (χ4n) is 3.18. The van der Waals surface area contributed by atoms with E-state index in [2.05, 4.69) is 22.4 Å². The van der Waals surface area contributed by atoms with Crippen molar-refractivity contribution in [1.82, 2.24) is 5.43 Å². The van der Waals surface area contributed by atoms with E-state index in [1.165, 1.54) is 0 Å². The number of amides is 1. The van der Waals surface area contributed by atoms with Crippen LogP contribution in [0.2, 0.25) is 0 Å². The highest BCUT2D eigenvalue weighted by molar-refractivity contribution is 6.17. The third-order valence-electron chi connectivity index (χ3n) is 4.20. The van der Waals surface area contributed by atoms with Gasteiger partial charge in [-0.1, -0.05) is 37.3 Å². The number of fused-ring (bicyclic) bond motifs is 3. The number of para-hydroxylation sites is 2. The van der Waals surface area contributed by atoms with Crippen molar-refractivity contribution in [3.05, 3.63) is 60.2 Å². The van der Waals surface area contributed by atoms with E-state index in [0.29, 0.717) is 5.56 Å². The first-order chi connectivity index (χ1) is 11.3. The molecule has 1 atom stereocenters. The normalized spacial score (nSPS) is 19.1. The summed E-state index contributed by atoms with van der Waals surface area (Å²) in [5.74, 6) is 0.965. The smallest absolute Gasteiger partial charge is 0.263 e. The molecule has 5 heteroatoms. The van der Waals surface area contributed by atoms with E-state index in [0.717, 1.165) is 30.1 Å². The number of hydrogen-bond donors (Lipinski definition) is 1. The Morgan fingerprint density at radius 3 is 2.57 bits per heavy atom. The molecule has 5 nitrogen and oxygen atoms in total. The van der Waals surface area contributed by atoms with Crippen LogP contribution in [0.4, 0.5) is 11.4 Å². The van der Waals surface area contributed by atoms with E-state index >= 15 is 0 Å². The lowest BCUT2D eigenvalue weighted by Crippen LogP contribution is -2.59. The number of hydrogen-bond acceptors (Lipinski definition) is 4. The Balaban J connectivity index is 1.85. The van der Waals surface area contributed by atoms with Gasteiger partial charge in [-0.2, -0.15) is 5.10 Å². The first-order valence-electron chi connectivity index (χ1n) is 7.90. The number of nitrogens with zero attached hydrogens (tertiary/aromatic N) is 3. The van der Waals surface area contributed by atoms with E-state index in [1.54, 1.807) is 4.90 Å². The summed E-state index contributed by atoms with van der Waals surface area (Å²) in [6.45, 7) is 2.13. The number of nitrogens with one attached hydrogen (secondary N) is 1. The number of rotatable bonds is 3. The van der Waals surface area contributed by atoms with Crippen molar-refractivity contribution in [2.75, 3.05) is 9.80 Å². The lowest BCUT2D eigenvalue weighted by Gasteiger charge is -2.41. The van der Waals surface area contributed by atoms with E-state index in [-0.39, 0.29) is 12.2 Å². The molecule has 0 saturated carbocycles. The van der Waals surface area contributed by atoms with Crippen LogP contribution in [0.15, 0.2) is 59.7 Å². The summed E-state index contributed by atoms with van der Waals surface area (Å²) in [7, 11) is 0. The van der Waals surface area contributed by atoms with Gasteiger partial charge in [0.15, 0.2) is 0 Å². The molecule has 116 valence electrons. The highest BCUT2D eigenvalue weighted by Crippen LogP contribution is 2.35. The highest BCUT2D eigenvalue weighted by Gasteiger charge is 2.42. The zero-order valence-electron chi connectivity index (χ0n) is 12.9. The average Bonchev–Trinajstić information content (AvgIpc) is 3.00. The topological polar surface area (TPSA) is 47.9 Å². The Labute approximate surface area is 135 Å². The number of benzene rings is 2. The SMILES string of the molecule is CCCC1=NNC2N(c3ccccc3)C(=O)c3ccccc3N12. The molecule has 2 heterocycles. The van der Waals surface area contributed by atoms with E-state index in [1.807, 2.05) is 54.6 Å². The van der Waals surface area contributed by atoms with E-state index in [9.17, 15) is 4.79 Å². The summed E-state index contributed by atoms with van der Waals surface area (Å²) in [5.41, 5.74) is 5.63. The molecule has 2 aromatic carbocycles. The van der Waals surface area contributed by atoms with Crippen LogP contribution < -0.4 is 15.2 Å². The van der Waals surface area contributed by atoms with Gasteiger partial charge in [-0.05, 0) is 30.7 Å². The molecule has 0 saturated heterocycles. The van der Waals surface area contributed by atoms with Gasteiger partial charge in [0.25, 0.3) is 5.91 Å². The van der Waals surface area contributed by atoms with Crippen LogP contribution in [0.5, 0.6) is 0 Å². The van der Waals surface area contributed by atoms with Crippen LogP contribution in [0.1, 0.15) is 30.1 Å². The second-order valence-electron chi connectivity index (χ2n) is 5.68. The molecular weight excluding hydrogens is 288 g/mol. The summed E-state index contributed by atoms with van der Waals surface area (Å²) in [6, 6.07) is 17.5. The largest absolute Gasteiger partial charge is 0.287 e. The first kappa shape index (κ1) is 13.8. The van der Waals surface area contributed by atoms with Crippen molar-refractivity contribution in [3.63, 3.8) is 0 Å². The molecule has 1 amide bonds. The standard InChI is InChI=1S/C18H18N4O/c1-2-8-16-19-20-18-21(13-9-4-3-5-10-13)17(23)14-11-6-7-12-15(14)22(16)18/h3-7,9-12,18,20H,2,8H2,1H3. The van der Waals surface area contributed by atoms with Crippen LogP contribution in [-0.4, -0.2) is 18.0 Å². The fourth-order valence-corrected chi connectivity index (χ4v) is 3.18. The van der Waals surface area contributed by atoms with Crippen molar-refractivity contribution < 1.29 is 4.79 Å².